The zero-order chi connectivity index (χ0) is 13.3. The fourth-order valence-corrected chi connectivity index (χ4v) is 2.23. The smallest absolute Gasteiger partial charge is 0.0995 e. The molecule has 0 saturated heterocycles. The van der Waals surface area contributed by atoms with Crippen LogP contribution in [0.2, 0.25) is 0 Å². The Morgan fingerprint density at radius 2 is 2.11 bits per heavy atom. The topological polar surface area (TPSA) is 61.7 Å². The van der Waals surface area contributed by atoms with Crippen LogP contribution < -0.4 is 5.73 Å². The molecular formula is C13H21N5. The molecule has 2 N–H and O–H groups in total. The minimum atomic E-state index is 0.00658. The van der Waals surface area contributed by atoms with E-state index in [4.69, 9.17) is 5.73 Å². The lowest BCUT2D eigenvalue weighted by Crippen LogP contribution is -2.16. The molecule has 2 aromatic heterocycles. The van der Waals surface area contributed by atoms with Gasteiger partial charge in [-0.3, -0.25) is 9.25 Å². The number of nitrogens with two attached hydrogens (primary N) is 1. The van der Waals surface area contributed by atoms with Crippen molar-refractivity contribution in [3.63, 3.8) is 0 Å². The summed E-state index contributed by atoms with van der Waals surface area (Å²) in [5.41, 5.74) is 9.31. The summed E-state index contributed by atoms with van der Waals surface area (Å²) in [6.07, 6.45) is 6.59. The van der Waals surface area contributed by atoms with Crippen molar-refractivity contribution in [2.75, 3.05) is 0 Å². The Bertz CT molecular complexity index is 523. The molecule has 0 spiro atoms. The molecule has 0 fully saturated rings. The average Bonchev–Trinajstić information content (AvgIpc) is 2.83. The highest BCUT2D eigenvalue weighted by atomic mass is 15.3. The van der Waals surface area contributed by atoms with Gasteiger partial charge in [0, 0.05) is 19.3 Å². The van der Waals surface area contributed by atoms with Crippen LogP contribution in [0.25, 0.3) is 5.69 Å². The number of hydrogen-bond acceptors (Lipinski definition) is 3. The SMILES string of the molecule is Cc1nn(C)cc1-n1cncc1C(N)CC(C)C. The Hall–Kier alpha value is -1.62. The Morgan fingerprint density at radius 1 is 1.39 bits per heavy atom. The first-order valence-electron chi connectivity index (χ1n) is 6.27. The van der Waals surface area contributed by atoms with Crippen LogP contribution in [0, 0.1) is 12.8 Å². The monoisotopic (exact) mass is 247 g/mol. The van der Waals surface area contributed by atoms with Gasteiger partial charge in [-0.1, -0.05) is 13.8 Å². The summed E-state index contributed by atoms with van der Waals surface area (Å²) >= 11 is 0. The maximum absolute atomic E-state index is 6.25. The maximum atomic E-state index is 6.25. The molecule has 0 radical (unpaired) electrons. The van der Waals surface area contributed by atoms with Gasteiger partial charge in [-0.25, -0.2) is 4.98 Å². The van der Waals surface area contributed by atoms with Crippen LogP contribution in [0.1, 0.15) is 37.7 Å². The molecule has 0 aliphatic carbocycles. The first kappa shape index (κ1) is 12.8. The summed E-state index contributed by atoms with van der Waals surface area (Å²) < 4.78 is 3.85. The fourth-order valence-electron chi connectivity index (χ4n) is 2.23. The lowest BCUT2D eigenvalue weighted by molar-refractivity contribution is 0.498. The third-order valence-corrected chi connectivity index (χ3v) is 3.02. The summed E-state index contributed by atoms with van der Waals surface area (Å²) in [5.74, 6) is 0.568. The molecule has 2 rings (SSSR count). The third-order valence-electron chi connectivity index (χ3n) is 3.02. The van der Waals surface area contributed by atoms with Crippen LogP contribution in [-0.4, -0.2) is 19.3 Å². The van der Waals surface area contributed by atoms with Crippen LogP contribution in [0.5, 0.6) is 0 Å². The second-order valence-corrected chi connectivity index (χ2v) is 5.20. The van der Waals surface area contributed by atoms with Crippen molar-refractivity contribution in [3.8, 4) is 5.69 Å². The second-order valence-electron chi connectivity index (χ2n) is 5.20. The summed E-state index contributed by atoms with van der Waals surface area (Å²) in [4.78, 5) is 4.22. The number of nitrogens with zero attached hydrogens (tertiary/aromatic N) is 4. The van der Waals surface area contributed by atoms with E-state index in [0.717, 1.165) is 23.5 Å². The number of aryl methyl sites for hydroxylation is 2. The average molecular weight is 247 g/mol. The molecule has 0 bridgehead atoms. The molecule has 5 nitrogen and oxygen atoms in total. The van der Waals surface area contributed by atoms with E-state index in [9.17, 15) is 0 Å². The summed E-state index contributed by atoms with van der Waals surface area (Å²) in [7, 11) is 1.92. The molecule has 18 heavy (non-hydrogen) atoms. The van der Waals surface area contributed by atoms with Gasteiger partial charge in [0.05, 0.1) is 29.6 Å². The van der Waals surface area contributed by atoms with Gasteiger partial charge in [0.2, 0.25) is 0 Å². The molecule has 2 heterocycles. The van der Waals surface area contributed by atoms with E-state index >= 15 is 0 Å². The largest absolute Gasteiger partial charge is 0.323 e. The van der Waals surface area contributed by atoms with Crippen LogP contribution in [0.15, 0.2) is 18.7 Å². The quantitative estimate of drug-likeness (QED) is 0.898. The van der Waals surface area contributed by atoms with Gasteiger partial charge in [0.1, 0.15) is 0 Å². The van der Waals surface area contributed by atoms with Crippen molar-refractivity contribution in [1.29, 1.82) is 0 Å². The highest BCUT2D eigenvalue weighted by Gasteiger charge is 2.16. The van der Waals surface area contributed by atoms with E-state index in [1.165, 1.54) is 0 Å². The van der Waals surface area contributed by atoms with Crippen molar-refractivity contribution in [3.05, 3.63) is 30.1 Å². The van der Waals surface area contributed by atoms with Crippen LogP contribution >= 0.6 is 0 Å². The second kappa shape index (κ2) is 4.94. The van der Waals surface area contributed by atoms with E-state index in [-0.39, 0.29) is 6.04 Å². The van der Waals surface area contributed by atoms with E-state index in [2.05, 4.69) is 23.9 Å². The molecule has 0 aliphatic heterocycles. The van der Waals surface area contributed by atoms with Gasteiger partial charge < -0.3 is 5.73 Å². The minimum absolute atomic E-state index is 0.00658. The van der Waals surface area contributed by atoms with Crippen molar-refractivity contribution >= 4 is 0 Å². The molecule has 2 aromatic rings. The first-order chi connectivity index (χ1) is 8.49. The van der Waals surface area contributed by atoms with E-state index in [0.29, 0.717) is 5.92 Å². The van der Waals surface area contributed by atoms with Gasteiger partial charge in [-0.15, -0.1) is 0 Å². The summed E-state index contributed by atoms with van der Waals surface area (Å²) in [6.45, 7) is 6.35. The molecular weight excluding hydrogens is 226 g/mol. The molecule has 98 valence electrons. The van der Waals surface area contributed by atoms with Crippen molar-refractivity contribution in [1.82, 2.24) is 19.3 Å². The lowest BCUT2D eigenvalue weighted by Gasteiger charge is -2.16. The molecule has 5 heteroatoms. The van der Waals surface area contributed by atoms with Gasteiger partial charge in [-0.2, -0.15) is 5.10 Å². The van der Waals surface area contributed by atoms with Crippen LogP contribution in [-0.2, 0) is 7.05 Å². The molecule has 0 aromatic carbocycles. The zero-order valence-electron chi connectivity index (χ0n) is 11.5. The molecule has 0 saturated carbocycles. The molecule has 1 atom stereocenters. The summed E-state index contributed by atoms with van der Waals surface area (Å²) in [6, 6.07) is 0.00658. The third kappa shape index (κ3) is 2.46. The highest BCUT2D eigenvalue weighted by molar-refractivity contribution is 5.36. The molecule has 0 amide bonds. The van der Waals surface area contributed by atoms with Crippen LogP contribution in [0.4, 0.5) is 0 Å². The number of hydrogen-bond donors (Lipinski definition) is 1. The lowest BCUT2D eigenvalue weighted by atomic mass is 10.0. The summed E-state index contributed by atoms with van der Waals surface area (Å²) in [5, 5.41) is 4.36. The Labute approximate surface area is 108 Å². The zero-order valence-corrected chi connectivity index (χ0v) is 11.5. The van der Waals surface area contributed by atoms with Crippen molar-refractivity contribution in [2.24, 2.45) is 18.7 Å². The molecule has 0 aliphatic rings. The van der Waals surface area contributed by atoms with Crippen molar-refractivity contribution in [2.45, 2.75) is 33.2 Å². The normalized spacial score (nSPS) is 13.2. The van der Waals surface area contributed by atoms with Gasteiger partial charge in [0.25, 0.3) is 0 Å². The standard InChI is InChI=1S/C13H21N5/c1-9(2)5-11(14)12-6-15-8-18(12)13-7-17(4)16-10(13)3/h6-9,11H,5,14H2,1-4H3. The number of aromatic nitrogens is 4. The maximum Gasteiger partial charge on any atom is 0.0995 e. The minimum Gasteiger partial charge on any atom is -0.323 e. The Kier molecular flexibility index (Phi) is 3.52. The Balaban J connectivity index is 2.36. The number of imidazole rings is 1. The van der Waals surface area contributed by atoms with E-state index in [1.807, 2.05) is 35.6 Å². The van der Waals surface area contributed by atoms with Gasteiger partial charge in [-0.05, 0) is 19.3 Å². The van der Waals surface area contributed by atoms with Crippen LogP contribution in [0.3, 0.4) is 0 Å². The Morgan fingerprint density at radius 3 is 2.67 bits per heavy atom. The molecule has 1 unspecified atom stereocenters. The van der Waals surface area contributed by atoms with Gasteiger partial charge >= 0.3 is 0 Å². The predicted molar refractivity (Wildman–Crippen MR) is 71.5 cm³/mol. The fraction of sp³-hybridized carbons (Fsp3) is 0.538. The van der Waals surface area contributed by atoms with E-state index < -0.39 is 0 Å². The predicted octanol–water partition coefficient (Wildman–Crippen LogP) is 1.96. The highest BCUT2D eigenvalue weighted by Crippen LogP contribution is 2.22. The number of rotatable bonds is 4. The van der Waals surface area contributed by atoms with Crippen molar-refractivity contribution < 1.29 is 0 Å². The van der Waals surface area contributed by atoms with Gasteiger partial charge in [0.15, 0.2) is 0 Å². The van der Waals surface area contributed by atoms with E-state index in [1.54, 1.807) is 6.33 Å². The first-order valence-corrected chi connectivity index (χ1v) is 6.27.